The second kappa shape index (κ2) is 9.35. The monoisotopic (exact) mass is 425 g/mol. The number of anilines is 1. The molecule has 1 aromatic carbocycles. The Morgan fingerprint density at radius 3 is 2.48 bits per heavy atom. The van der Waals surface area contributed by atoms with Crippen LogP contribution >= 0.6 is 22.7 Å². The van der Waals surface area contributed by atoms with Crippen LogP contribution in [0.4, 0.5) is 5.69 Å². The van der Waals surface area contributed by atoms with E-state index in [9.17, 15) is 9.59 Å². The summed E-state index contributed by atoms with van der Waals surface area (Å²) in [6, 6.07) is 15.1. The van der Waals surface area contributed by atoms with Crippen LogP contribution in [0.5, 0.6) is 0 Å². The summed E-state index contributed by atoms with van der Waals surface area (Å²) >= 11 is 3.12. The number of benzene rings is 1. The van der Waals surface area contributed by atoms with E-state index in [0.717, 1.165) is 13.1 Å². The van der Waals surface area contributed by atoms with E-state index in [2.05, 4.69) is 33.0 Å². The van der Waals surface area contributed by atoms with Gasteiger partial charge in [0.05, 0.1) is 10.9 Å². The number of amides is 2. The normalized spacial score (nSPS) is 15.2. The summed E-state index contributed by atoms with van der Waals surface area (Å²) in [4.78, 5) is 29.4. The van der Waals surface area contributed by atoms with Gasteiger partial charge in [-0.3, -0.25) is 14.5 Å². The minimum Gasteiger partial charge on any atom is -0.350 e. The lowest BCUT2D eigenvalue weighted by molar-refractivity contribution is 0.0937. The highest BCUT2D eigenvalue weighted by Gasteiger charge is 2.24. The zero-order valence-corrected chi connectivity index (χ0v) is 17.6. The van der Waals surface area contributed by atoms with Gasteiger partial charge >= 0.3 is 0 Å². The van der Waals surface area contributed by atoms with Gasteiger partial charge < -0.3 is 10.6 Å². The summed E-state index contributed by atoms with van der Waals surface area (Å²) in [5.74, 6) is -0.290. The standard InChI is InChI=1S/C22H23N3O2S2/c26-21(23-15-18(19-8-4-12-28-19)25-10-1-2-11-25)16-6-3-7-17(14-16)24-22(27)20-9-5-13-29-20/h3-9,12-14,18H,1-2,10-11,15H2,(H,23,26)(H,24,27)/t18-/m1/s1. The van der Waals surface area contributed by atoms with Crippen LogP contribution in [0.1, 0.15) is 43.8 Å². The van der Waals surface area contributed by atoms with Gasteiger partial charge in [-0.1, -0.05) is 18.2 Å². The molecule has 0 saturated carbocycles. The maximum atomic E-state index is 12.8. The molecule has 2 aromatic heterocycles. The molecule has 7 heteroatoms. The lowest BCUT2D eigenvalue weighted by atomic mass is 10.1. The number of rotatable bonds is 7. The van der Waals surface area contributed by atoms with Gasteiger partial charge in [-0.25, -0.2) is 0 Å². The summed E-state index contributed by atoms with van der Waals surface area (Å²) in [6.07, 6.45) is 2.42. The summed E-state index contributed by atoms with van der Waals surface area (Å²) in [5.41, 5.74) is 1.16. The SMILES string of the molecule is O=C(NC[C@H](c1cccs1)N1CCCC1)c1cccc(NC(=O)c2cccs2)c1. The van der Waals surface area contributed by atoms with Gasteiger partial charge in [0.15, 0.2) is 0 Å². The molecule has 1 saturated heterocycles. The van der Waals surface area contributed by atoms with Crippen molar-refractivity contribution in [2.45, 2.75) is 18.9 Å². The molecule has 0 unspecified atom stereocenters. The van der Waals surface area contributed by atoms with Crippen LogP contribution in [-0.4, -0.2) is 36.3 Å². The van der Waals surface area contributed by atoms with Gasteiger partial charge in [-0.15, -0.1) is 22.7 Å². The van der Waals surface area contributed by atoms with Crippen LogP contribution in [0, 0.1) is 0 Å². The Balaban J connectivity index is 1.40. The molecule has 1 aliphatic heterocycles. The molecule has 1 aliphatic rings. The quantitative estimate of drug-likeness (QED) is 0.580. The fourth-order valence-corrected chi connectivity index (χ4v) is 5.05. The van der Waals surface area contributed by atoms with Crippen molar-refractivity contribution in [2.75, 3.05) is 25.0 Å². The molecule has 3 aromatic rings. The Morgan fingerprint density at radius 2 is 1.76 bits per heavy atom. The predicted molar refractivity (Wildman–Crippen MR) is 119 cm³/mol. The number of nitrogens with zero attached hydrogens (tertiary/aromatic N) is 1. The topological polar surface area (TPSA) is 61.4 Å². The molecule has 3 heterocycles. The first-order valence-electron chi connectivity index (χ1n) is 9.71. The lowest BCUT2D eigenvalue weighted by Gasteiger charge is -2.27. The summed E-state index contributed by atoms with van der Waals surface area (Å²) in [6.45, 7) is 2.72. The van der Waals surface area contributed by atoms with E-state index in [1.54, 1.807) is 41.7 Å². The zero-order chi connectivity index (χ0) is 20.1. The van der Waals surface area contributed by atoms with E-state index in [0.29, 0.717) is 22.7 Å². The van der Waals surface area contributed by atoms with Crippen LogP contribution in [0.2, 0.25) is 0 Å². The lowest BCUT2D eigenvalue weighted by Crippen LogP contribution is -2.36. The number of carbonyl (C=O) groups is 2. The zero-order valence-electron chi connectivity index (χ0n) is 16.0. The molecule has 4 rings (SSSR count). The Kier molecular flexibility index (Phi) is 6.39. The molecule has 29 heavy (non-hydrogen) atoms. The van der Waals surface area contributed by atoms with Crippen molar-refractivity contribution in [1.29, 1.82) is 0 Å². The Labute approximate surface area is 178 Å². The van der Waals surface area contributed by atoms with Gasteiger partial charge in [0.25, 0.3) is 11.8 Å². The molecular weight excluding hydrogens is 402 g/mol. The van der Waals surface area contributed by atoms with Crippen molar-refractivity contribution in [3.8, 4) is 0 Å². The molecule has 0 aliphatic carbocycles. The first kappa shape index (κ1) is 19.8. The molecule has 2 amide bonds. The average molecular weight is 426 g/mol. The fourth-order valence-electron chi connectivity index (χ4n) is 3.57. The third-order valence-electron chi connectivity index (χ3n) is 5.04. The van der Waals surface area contributed by atoms with Crippen LogP contribution in [0.15, 0.2) is 59.3 Å². The molecule has 150 valence electrons. The third kappa shape index (κ3) is 4.93. The van der Waals surface area contributed by atoms with Gasteiger partial charge in [0, 0.05) is 22.7 Å². The van der Waals surface area contributed by atoms with Crippen molar-refractivity contribution >= 4 is 40.2 Å². The first-order valence-corrected chi connectivity index (χ1v) is 11.5. The van der Waals surface area contributed by atoms with Gasteiger partial charge in [0.1, 0.15) is 0 Å². The summed E-state index contributed by atoms with van der Waals surface area (Å²) in [7, 11) is 0. The van der Waals surface area contributed by atoms with Crippen LogP contribution in [0.25, 0.3) is 0 Å². The van der Waals surface area contributed by atoms with Crippen molar-refractivity contribution in [3.63, 3.8) is 0 Å². The second-order valence-corrected chi connectivity index (χ2v) is 8.92. The Bertz CT molecular complexity index is 948. The average Bonchev–Trinajstić information content (AvgIpc) is 3.51. The van der Waals surface area contributed by atoms with E-state index >= 15 is 0 Å². The summed E-state index contributed by atoms with van der Waals surface area (Å²) < 4.78 is 0. The van der Waals surface area contributed by atoms with Crippen LogP contribution < -0.4 is 10.6 Å². The summed E-state index contributed by atoms with van der Waals surface area (Å²) in [5, 5.41) is 9.89. The number of likely N-dealkylation sites (tertiary alicyclic amines) is 1. The van der Waals surface area contributed by atoms with Gasteiger partial charge in [-0.2, -0.15) is 0 Å². The number of hydrogen-bond acceptors (Lipinski definition) is 5. The molecular formula is C22H23N3O2S2. The minimum atomic E-state index is -0.163. The van der Waals surface area contributed by atoms with E-state index < -0.39 is 0 Å². The van der Waals surface area contributed by atoms with E-state index in [-0.39, 0.29) is 17.9 Å². The molecule has 5 nitrogen and oxygen atoms in total. The molecule has 2 N–H and O–H groups in total. The van der Waals surface area contributed by atoms with E-state index in [4.69, 9.17) is 0 Å². The fraction of sp³-hybridized carbons (Fsp3) is 0.273. The maximum Gasteiger partial charge on any atom is 0.265 e. The molecule has 1 atom stereocenters. The highest BCUT2D eigenvalue weighted by atomic mass is 32.1. The van der Waals surface area contributed by atoms with Gasteiger partial charge in [0.2, 0.25) is 0 Å². The number of thiophene rings is 2. The number of carbonyl (C=O) groups excluding carboxylic acids is 2. The first-order chi connectivity index (χ1) is 14.2. The molecule has 1 fully saturated rings. The van der Waals surface area contributed by atoms with Crippen LogP contribution in [-0.2, 0) is 0 Å². The maximum absolute atomic E-state index is 12.8. The highest BCUT2D eigenvalue weighted by molar-refractivity contribution is 7.12. The molecule has 0 radical (unpaired) electrons. The van der Waals surface area contributed by atoms with E-state index in [1.165, 1.54) is 29.1 Å². The largest absolute Gasteiger partial charge is 0.350 e. The smallest absolute Gasteiger partial charge is 0.265 e. The van der Waals surface area contributed by atoms with Gasteiger partial charge in [-0.05, 0) is 67.0 Å². The van der Waals surface area contributed by atoms with Crippen molar-refractivity contribution < 1.29 is 9.59 Å². The van der Waals surface area contributed by atoms with Crippen molar-refractivity contribution in [2.24, 2.45) is 0 Å². The van der Waals surface area contributed by atoms with E-state index in [1.807, 2.05) is 11.4 Å². The third-order valence-corrected chi connectivity index (χ3v) is 6.88. The second-order valence-electron chi connectivity index (χ2n) is 7.00. The molecule has 0 spiro atoms. The Morgan fingerprint density at radius 1 is 0.966 bits per heavy atom. The van der Waals surface area contributed by atoms with Crippen molar-refractivity contribution in [3.05, 3.63) is 74.6 Å². The minimum absolute atomic E-state index is 0.127. The van der Waals surface area contributed by atoms with Crippen LogP contribution in [0.3, 0.4) is 0 Å². The Hall–Kier alpha value is -2.48. The highest BCUT2D eigenvalue weighted by Crippen LogP contribution is 2.28. The number of nitrogens with one attached hydrogen (secondary N) is 2. The molecule has 0 bridgehead atoms. The van der Waals surface area contributed by atoms with Crippen molar-refractivity contribution in [1.82, 2.24) is 10.2 Å². The predicted octanol–water partition coefficient (Wildman–Crippen LogP) is 4.63. The number of hydrogen-bond donors (Lipinski definition) is 2.